The number of hydrogen-bond donors (Lipinski definition) is 3. The maximum Gasteiger partial charge on any atom is 0.224 e. The molecule has 0 saturated carbocycles. The number of nitrogens with one attached hydrogen (secondary N) is 3. The predicted octanol–water partition coefficient (Wildman–Crippen LogP) is 6.12. The highest BCUT2D eigenvalue weighted by molar-refractivity contribution is 7.15. The Bertz CT molecular complexity index is 1750. The van der Waals surface area contributed by atoms with Gasteiger partial charge in [0.15, 0.2) is 11.5 Å². The smallest absolute Gasteiger partial charge is 0.224 e. The lowest BCUT2D eigenvalue weighted by Crippen LogP contribution is -2.11. The Morgan fingerprint density at radius 1 is 1.05 bits per heavy atom. The molecule has 0 atom stereocenters. The van der Waals surface area contributed by atoms with Crippen molar-refractivity contribution in [1.82, 2.24) is 35.1 Å². The third-order valence-corrected chi connectivity index (χ3v) is 7.19. The summed E-state index contributed by atoms with van der Waals surface area (Å²) in [5, 5.41) is 11.2. The molecule has 9 nitrogen and oxygen atoms in total. The van der Waals surface area contributed by atoms with Crippen LogP contribution >= 0.6 is 11.3 Å². The minimum atomic E-state index is -0.0112. The first kappa shape index (κ1) is 23.0. The summed E-state index contributed by atoms with van der Waals surface area (Å²) in [7, 11) is 0. The lowest BCUT2D eigenvalue weighted by molar-refractivity contribution is -0.116. The van der Waals surface area contributed by atoms with Gasteiger partial charge in [-0.05, 0) is 37.6 Å². The Morgan fingerprint density at radius 2 is 1.92 bits per heavy atom. The number of aromatic amines is 2. The topological polar surface area (TPSA) is 125 Å². The fraction of sp³-hybridized carbons (Fsp3) is 0.185. The molecular weight excluding hydrogens is 484 g/mol. The number of aromatic nitrogens is 7. The first-order chi connectivity index (χ1) is 18.1. The summed E-state index contributed by atoms with van der Waals surface area (Å²) >= 11 is 1.72. The highest BCUT2D eigenvalue weighted by Crippen LogP contribution is 2.34. The lowest BCUT2D eigenvalue weighted by atomic mass is 10.1. The number of H-pyrrole nitrogens is 2. The number of carbonyl (C=O) groups is 1. The van der Waals surface area contributed by atoms with Crippen molar-refractivity contribution in [2.24, 2.45) is 0 Å². The monoisotopic (exact) mass is 508 g/mol. The number of unbranched alkanes of at least 4 members (excludes halogenated alkanes) is 1. The highest BCUT2D eigenvalue weighted by atomic mass is 32.1. The Labute approximate surface area is 216 Å². The molecule has 6 rings (SSSR count). The average Bonchev–Trinajstić information content (AvgIpc) is 3.64. The van der Waals surface area contributed by atoms with Gasteiger partial charge in [-0.3, -0.25) is 19.9 Å². The van der Waals surface area contributed by atoms with Crippen LogP contribution < -0.4 is 5.32 Å². The molecule has 37 heavy (non-hydrogen) atoms. The maximum absolute atomic E-state index is 12.2. The standard InChI is InChI=1S/C27H24N8OS/c1-3-4-5-23(36)31-18-8-16(10-28-12-18)17-9-19-25(34-35-26(19)30-11-17)27-32-21-14-29-13-20(24(21)33-27)22-7-6-15(2)37-22/h6-14H,3-5H2,1-2H3,(H,31,36)(H,32,33)(H,30,34,35). The van der Waals surface area contributed by atoms with Crippen LogP contribution in [-0.2, 0) is 4.79 Å². The molecule has 0 bridgehead atoms. The molecule has 0 aromatic carbocycles. The third-order valence-electron chi connectivity index (χ3n) is 6.16. The van der Waals surface area contributed by atoms with Gasteiger partial charge in [0.2, 0.25) is 5.91 Å². The number of amides is 1. The molecule has 0 radical (unpaired) electrons. The number of pyridine rings is 3. The van der Waals surface area contributed by atoms with Crippen LogP contribution in [0, 0.1) is 6.92 Å². The minimum Gasteiger partial charge on any atom is -0.335 e. The van der Waals surface area contributed by atoms with Crippen LogP contribution in [0.5, 0.6) is 0 Å². The molecule has 0 aliphatic heterocycles. The molecule has 0 unspecified atom stereocenters. The number of carbonyl (C=O) groups excluding carboxylic acids is 1. The third kappa shape index (κ3) is 4.47. The van der Waals surface area contributed by atoms with Crippen molar-refractivity contribution in [2.45, 2.75) is 33.1 Å². The van der Waals surface area contributed by atoms with E-state index in [1.165, 1.54) is 4.88 Å². The van der Waals surface area contributed by atoms with E-state index >= 15 is 0 Å². The molecule has 6 heterocycles. The fourth-order valence-corrected chi connectivity index (χ4v) is 5.15. The average molecular weight is 509 g/mol. The second-order valence-electron chi connectivity index (χ2n) is 8.89. The number of anilines is 1. The van der Waals surface area contributed by atoms with E-state index in [2.05, 4.69) is 61.4 Å². The maximum atomic E-state index is 12.2. The summed E-state index contributed by atoms with van der Waals surface area (Å²) < 4.78 is 0. The molecule has 1 amide bonds. The number of rotatable bonds is 7. The minimum absolute atomic E-state index is 0.0112. The zero-order valence-corrected chi connectivity index (χ0v) is 21.2. The van der Waals surface area contributed by atoms with E-state index in [0.29, 0.717) is 23.6 Å². The van der Waals surface area contributed by atoms with Gasteiger partial charge in [0, 0.05) is 51.5 Å². The highest BCUT2D eigenvalue weighted by Gasteiger charge is 2.17. The first-order valence-electron chi connectivity index (χ1n) is 12.1. The van der Waals surface area contributed by atoms with Crippen molar-refractivity contribution in [3.8, 4) is 33.1 Å². The van der Waals surface area contributed by atoms with Crippen molar-refractivity contribution in [3.63, 3.8) is 0 Å². The van der Waals surface area contributed by atoms with Crippen molar-refractivity contribution in [3.05, 3.63) is 60.1 Å². The Morgan fingerprint density at radius 3 is 2.76 bits per heavy atom. The van der Waals surface area contributed by atoms with Crippen LogP contribution in [0.1, 0.15) is 31.1 Å². The molecule has 6 aromatic rings. The van der Waals surface area contributed by atoms with E-state index in [1.54, 1.807) is 36.1 Å². The summed E-state index contributed by atoms with van der Waals surface area (Å²) in [6.07, 6.45) is 11.1. The van der Waals surface area contributed by atoms with Crippen LogP contribution in [0.25, 0.3) is 55.2 Å². The lowest BCUT2D eigenvalue weighted by Gasteiger charge is -2.07. The Hall–Kier alpha value is -4.44. The Kier molecular flexibility index (Phi) is 5.93. The van der Waals surface area contributed by atoms with Gasteiger partial charge >= 0.3 is 0 Å². The second-order valence-corrected chi connectivity index (χ2v) is 10.2. The molecule has 0 saturated heterocycles. The number of thiophene rings is 1. The van der Waals surface area contributed by atoms with Crippen LogP contribution in [0.4, 0.5) is 5.69 Å². The van der Waals surface area contributed by atoms with Crippen LogP contribution in [0.3, 0.4) is 0 Å². The molecule has 10 heteroatoms. The number of imidazole rings is 1. The molecule has 0 aliphatic carbocycles. The molecule has 0 fully saturated rings. The SMILES string of the molecule is CCCCC(=O)Nc1cncc(-c2cnc3n[nH]c(-c4nc5c(-c6ccc(C)s6)cncc5[nH]4)c3c2)c1. The van der Waals surface area contributed by atoms with E-state index in [4.69, 9.17) is 4.98 Å². The Balaban J connectivity index is 1.37. The largest absolute Gasteiger partial charge is 0.335 e. The molecule has 184 valence electrons. The van der Waals surface area contributed by atoms with Gasteiger partial charge < -0.3 is 10.3 Å². The van der Waals surface area contributed by atoms with Gasteiger partial charge in [-0.25, -0.2) is 9.97 Å². The van der Waals surface area contributed by atoms with Crippen molar-refractivity contribution >= 4 is 45.0 Å². The van der Waals surface area contributed by atoms with E-state index in [1.807, 2.05) is 18.3 Å². The van der Waals surface area contributed by atoms with Gasteiger partial charge in [0.1, 0.15) is 11.2 Å². The van der Waals surface area contributed by atoms with Gasteiger partial charge in [0.05, 0.1) is 29.0 Å². The van der Waals surface area contributed by atoms with E-state index in [0.717, 1.165) is 56.5 Å². The zero-order valence-electron chi connectivity index (χ0n) is 20.4. The van der Waals surface area contributed by atoms with Gasteiger partial charge in [-0.2, -0.15) is 5.10 Å². The van der Waals surface area contributed by atoms with E-state index in [-0.39, 0.29) is 5.91 Å². The number of hydrogen-bond acceptors (Lipinski definition) is 7. The predicted molar refractivity (Wildman–Crippen MR) is 146 cm³/mol. The van der Waals surface area contributed by atoms with Crippen LogP contribution in [0.2, 0.25) is 0 Å². The molecular formula is C27H24N8OS. The van der Waals surface area contributed by atoms with E-state index in [9.17, 15) is 4.79 Å². The van der Waals surface area contributed by atoms with Crippen molar-refractivity contribution in [2.75, 3.05) is 5.32 Å². The van der Waals surface area contributed by atoms with Crippen LogP contribution in [-0.4, -0.2) is 41.0 Å². The normalized spacial score (nSPS) is 11.4. The number of nitrogens with zero attached hydrogens (tertiary/aromatic N) is 5. The van der Waals surface area contributed by atoms with Gasteiger partial charge in [-0.15, -0.1) is 11.3 Å². The summed E-state index contributed by atoms with van der Waals surface area (Å²) in [4.78, 5) is 36.1. The molecule has 6 aromatic heterocycles. The fourth-order valence-electron chi connectivity index (χ4n) is 4.28. The molecule has 3 N–H and O–H groups in total. The molecule has 0 spiro atoms. The zero-order chi connectivity index (χ0) is 25.4. The quantitative estimate of drug-likeness (QED) is 0.238. The molecule has 0 aliphatic rings. The van der Waals surface area contributed by atoms with Crippen LogP contribution in [0.15, 0.2) is 55.2 Å². The van der Waals surface area contributed by atoms with Gasteiger partial charge in [0.25, 0.3) is 0 Å². The second kappa shape index (κ2) is 9.55. The summed E-state index contributed by atoms with van der Waals surface area (Å²) in [6.45, 7) is 4.15. The van der Waals surface area contributed by atoms with Crippen molar-refractivity contribution < 1.29 is 4.79 Å². The number of fused-ring (bicyclic) bond motifs is 2. The van der Waals surface area contributed by atoms with Crippen molar-refractivity contribution in [1.29, 1.82) is 0 Å². The summed E-state index contributed by atoms with van der Waals surface area (Å²) in [5.74, 6) is 0.650. The summed E-state index contributed by atoms with van der Waals surface area (Å²) in [6, 6.07) is 8.11. The van der Waals surface area contributed by atoms with E-state index < -0.39 is 0 Å². The first-order valence-corrected chi connectivity index (χ1v) is 12.9. The van der Waals surface area contributed by atoms with Gasteiger partial charge in [-0.1, -0.05) is 13.3 Å². The summed E-state index contributed by atoms with van der Waals surface area (Å²) in [5.41, 5.74) is 6.39. The number of aryl methyl sites for hydroxylation is 1.